The van der Waals surface area contributed by atoms with E-state index in [0.29, 0.717) is 50.5 Å². The van der Waals surface area contributed by atoms with Crippen molar-refractivity contribution in [3.63, 3.8) is 0 Å². The SMILES string of the molecule is O=C(NCCCCNC(=O)NCCOCCOCCNS(=O)(=O)c1ccc(O[C@H]2c3ccccc3C[C@@H]2N2CCCCC2)cc1)NCCOCCOCCNS(=O)(=O)c1ccc(O[C@H]2c3ccccc3CC2N2CCCCC2)cc1. The van der Waals surface area contributed by atoms with Gasteiger partial charge in [-0.3, -0.25) is 9.80 Å². The second kappa shape index (κ2) is 31.7. The molecule has 0 aromatic heterocycles. The van der Waals surface area contributed by atoms with Crippen LogP contribution in [0, 0.1) is 0 Å². The van der Waals surface area contributed by atoms with Gasteiger partial charge in [-0.2, -0.15) is 0 Å². The van der Waals surface area contributed by atoms with Crippen LogP contribution < -0.4 is 40.2 Å². The maximum atomic E-state index is 13.0. The fourth-order valence-corrected chi connectivity index (χ4v) is 12.8. The van der Waals surface area contributed by atoms with Gasteiger partial charge in [-0.1, -0.05) is 61.4 Å². The minimum atomic E-state index is -3.74. The molecule has 4 amide bonds. The van der Waals surface area contributed by atoms with E-state index in [1.165, 1.54) is 60.8 Å². The van der Waals surface area contributed by atoms with Gasteiger partial charge in [0.05, 0.1) is 74.7 Å². The van der Waals surface area contributed by atoms with Crippen LogP contribution in [-0.2, 0) is 51.8 Å². The lowest BCUT2D eigenvalue weighted by molar-refractivity contribution is 0.0516. The zero-order valence-electron chi connectivity index (χ0n) is 46.0. The van der Waals surface area contributed by atoms with Crippen LogP contribution in [0.3, 0.4) is 0 Å². The molecule has 22 heteroatoms. The summed E-state index contributed by atoms with van der Waals surface area (Å²) in [6.45, 7) is 7.94. The predicted molar refractivity (Wildman–Crippen MR) is 304 cm³/mol. The molecule has 4 aromatic rings. The van der Waals surface area contributed by atoms with Crippen LogP contribution in [0.1, 0.15) is 85.8 Å². The number of fused-ring (bicyclic) bond motifs is 2. The molecule has 2 aliphatic carbocycles. The van der Waals surface area contributed by atoms with Crippen molar-refractivity contribution in [2.24, 2.45) is 0 Å². The number of nitrogens with zero attached hydrogens (tertiary/aromatic N) is 2. The van der Waals surface area contributed by atoms with E-state index in [1.54, 1.807) is 48.5 Å². The third-order valence-corrected chi connectivity index (χ3v) is 17.8. The highest BCUT2D eigenvalue weighted by molar-refractivity contribution is 7.89. The van der Waals surface area contributed by atoms with Gasteiger partial charge in [-0.05, 0) is 148 Å². The Hall–Kier alpha value is -5.40. The van der Waals surface area contributed by atoms with E-state index < -0.39 is 20.0 Å². The summed E-state index contributed by atoms with van der Waals surface area (Å²) in [5, 5.41) is 11.0. The van der Waals surface area contributed by atoms with Crippen LogP contribution in [-0.4, -0.2) is 169 Å². The summed E-state index contributed by atoms with van der Waals surface area (Å²) in [6, 6.07) is 29.9. The first-order chi connectivity index (χ1) is 39.0. The van der Waals surface area contributed by atoms with Gasteiger partial charge in [-0.25, -0.2) is 35.9 Å². The van der Waals surface area contributed by atoms with E-state index in [4.69, 9.17) is 28.4 Å². The standard InChI is InChI=1S/C58H82N8O12S2/c67-57(61-27-35-73-39-41-75-37-29-63-79(69,70)49-21-17-47(18-22-49)77-55-51-15-5-3-13-45(51)43-53(55)65-31-9-1-10-32-65)59-25-7-8-26-60-58(68)62-28-36-74-40-42-76-38-30-64-80(71,72)50-23-19-48(20-24-50)78-56-52-16-6-4-14-46(52)44-54(56)66-33-11-2-12-34-66/h3-6,13-24,53-56,63-64H,1-2,7-12,25-44H2,(H2,59,61,67)(H2,60,62,68)/t53-,54?,55-,56-/m0/s1. The number of amides is 4. The van der Waals surface area contributed by atoms with Crippen molar-refractivity contribution in [2.75, 3.05) is 118 Å². The molecule has 4 aliphatic rings. The number of rotatable bonds is 33. The average molecular weight is 1150 g/mol. The predicted octanol–water partition coefficient (Wildman–Crippen LogP) is 5.45. The van der Waals surface area contributed by atoms with Gasteiger partial charge in [0.15, 0.2) is 0 Å². The molecular formula is C58H82N8O12S2. The Morgan fingerprint density at radius 1 is 0.425 bits per heavy atom. The number of nitrogens with one attached hydrogen (secondary N) is 6. The fraction of sp³-hybridized carbons (Fsp3) is 0.552. The van der Waals surface area contributed by atoms with Gasteiger partial charge in [0, 0.05) is 39.3 Å². The zero-order valence-corrected chi connectivity index (χ0v) is 47.6. The number of benzene rings is 4. The van der Waals surface area contributed by atoms with E-state index in [1.807, 2.05) is 12.1 Å². The van der Waals surface area contributed by atoms with Crippen molar-refractivity contribution in [1.82, 2.24) is 40.5 Å². The number of sulfonamides is 2. The Morgan fingerprint density at radius 3 is 1.16 bits per heavy atom. The minimum Gasteiger partial charge on any atom is -0.484 e. The monoisotopic (exact) mass is 1150 g/mol. The maximum Gasteiger partial charge on any atom is 0.314 e. The number of carbonyl (C=O) groups excluding carboxylic acids is 2. The number of unbranched alkanes of at least 4 members (excludes halogenated alkanes) is 1. The molecule has 2 aliphatic heterocycles. The van der Waals surface area contributed by atoms with E-state index in [0.717, 1.165) is 39.0 Å². The first kappa shape index (κ1) is 60.7. The molecule has 0 radical (unpaired) electrons. The van der Waals surface area contributed by atoms with Gasteiger partial charge >= 0.3 is 12.1 Å². The fourth-order valence-electron chi connectivity index (χ4n) is 10.7. The largest absolute Gasteiger partial charge is 0.484 e. The van der Waals surface area contributed by atoms with E-state index in [-0.39, 0.29) is 112 Å². The Morgan fingerprint density at radius 2 is 0.775 bits per heavy atom. The van der Waals surface area contributed by atoms with Gasteiger partial charge in [0.25, 0.3) is 0 Å². The second-order valence-electron chi connectivity index (χ2n) is 20.5. The highest BCUT2D eigenvalue weighted by Gasteiger charge is 2.40. The molecule has 6 N–H and O–H groups in total. The Labute approximate surface area is 472 Å². The molecule has 2 saturated heterocycles. The van der Waals surface area contributed by atoms with Gasteiger partial charge in [0.2, 0.25) is 20.0 Å². The van der Waals surface area contributed by atoms with Crippen molar-refractivity contribution in [1.29, 1.82) is 0 Å². The van der Waals surface area contributed by atoms with Crippen molar-refractivity contribution in [3.8, 4) is 11.5 Å². The number of carbonyl (C=O) groups is 2. The number of likely N-dealkylation sites (tertiary alicyclic amines) is 2. The van der Waals surface area contributed by atoms with E-state index >= 15 is 0 Å². The molecule has 0 bridgehead atoms. The molecule has 2 fully saturated rings. The summed E-state index contributed by atoms with van der Waals surface area (Å²) in [6.07, 6.45) is 10.3. The van der Waals surface area contributed by atoms with Gasteiger partial charge < -0.3 is 49.7 Å². The molecule has 20 nitrogen and oxygen atoms in total. The molecule has 0 spiro atoms. The third kappa shape index (κ3) is 18.6. The normalized spacial score (nSPS) is 19.4. The topological polar surface area (TPSA) is 236 Å². The van der Waals surface area contributed by atoms with Crippen molar-refractivity contribution in [2.45, 2.75) is 98.3 Å². The lowest BCUT2D eigenvalue weighted by Gasteiger charge is -2.35. The highest BCUT2D eigenvalue weighted by atomic mass is 32.2. The van der Waals surface area contributed by atoms with E-state index in [9.17, 15) is 26.4 Å². The van der Waals surface area contributed by atoms with Crippen molar-refractivity contribution in [3.05, 3.63) is 119 Å². The quantitative estimate of drug-likeness (QED) is 0.0326. The minimum absolute atomic E-state index is 0.0990. The third-order valence-electron chi connectivity index (χ3n) is 14.9. The van der Waals surface area contributed by atoms with Crippen LogP contribution >= 0.6 is 0 Å². The first-order valence-corrected chi connectivity index (χ1v) is 31.5. The van der Waals surface area contributed by atoms with Gasteiger partial charge in [-0.15, -0.1) is 0 Å². The summed E-state index contributed by atoms with van der Waals surface area (Å²) in [5.74, 6) is 1.27. The second-order valence-corrected chi connectivity index (χ2v) is 24.0. The van der Waals surface area contributed by atoms with Crippen molar-refractivity contribution >= 4 is 32.1 Å². The maximum absolute atomic E-state index is 13.0. The summed E-state index contributed by atoms with van der Waals surface area (Å²) in [7, 11) is -7.48. The number of urea groups is 2. The molecule has 2 heterocycles. The molecule has 438 valence electrons. The van der Waals surface area contributed by atoms with Crippen LogP contribution in [0.25, 0.3) is 0 Å². The Balaban J connectivity index is 0.565. The zero-order chi connectivity index (χ0) is 55.8. The number of hydrogen-bond donors (Lipinski definition) is 6. The number of piperidine rings is 2. The van der Waals surface area contributed by atoms with Crippen molar-refractivity contribution < 1.29 is 54.8 Å². The molecule has 4 aromatic carbocycles. The number of hydrogen-bond acceptors (Lipinski definition) is 14. The molecule has 8 rings (SSSR count). The molecule has 4 atom stereocenters. The molecule has 0 saturated carbocycles. The molecule has 1 unspecified atom stereocenters. The summed E-state index contributed by atoms with van der Waals surface area (Å²) >= 11 is 0. The molecule has 80 heavy (non-hydrogen) atoms. The first-order valence-electron chi connectivity index (χ1n) is 28.5. The summed E-state index contributed by atoms with van der Waals surface area (Å²) < 4.78 is 92.2. The number of ether oxygens (including phenoxy) is 6. The van der Waals surface area contributed by atoms with Crippen LogP contribution in [0.15, 0.2) is 107 Å². The smallest absolute Gasteiger partial charge is 0.314 e. The molecular weight excluding hydrogens is 1060 g/mol. The average Bonchev–Trinajstić information content (AvgIpc) is 4.14. The van der Waals surface area contributed by atoms with Crippen LogP contribution in [0.5, 0.6) is 11.5 Å². The van der Waals surface area contributed by atoms with Crippen LogP contribution in [0.4, 0.5) is 9.59 Å². The summed E-state index contributed by atoms with van der Waals surface area (Å²) in [5.41, 5.74) is 5.02. The summed E-state index contributed by atoms with van der Waals surface area (Å²) in [4.78, 5) is 29.6. The Bertz CT molecular complexity index is 2560. The lowest BCUT2D eigenvalue weighted by atomic mass is 10.0. The van der Waals surface area contributed by atoms with E-state index in [2.05, 4.69) is 76.9 Å². The Kier molecular flexibility index (Phi) is 24.1. The van der Waals surface area contributed by atoms with Crippen LogP contribution in [0.2, 0.25) is 0 Å². The van der Waals surface area contributed by atoms with Gasteiger partial charge in [0.1, 0.15) is 23.7 Å². The highest BCUT2D eigenvalue weighted by Crippen LogP contribution is 2.40. The lowest BCUT2D eigenvalue weighted by Crippen LogP contribution is -2.43.